The number of carbonyl (C=O) groups excluding carboxylic acids is 1. The zero-order chi connectivity index (χ0) is 19.5. The number of non-ortho nitro benzene ring substituents is 1. The van der Waals surface area contributed by atoms with Gasteiger partial charge in [-0.1, -0.05) is 12.8 Å². The Balaban J connectivity index is 1.29. The standard InChI is InChI=1S/C21H30N4O3/c26-21(24-11-3-5-17-4-1-2-6-20(17)24)16-22-12-14-23(15-13-22)18-7-9-19(10-8-18)25(27)28/h7-10,17,20H,1-6,11-16H2/t17-,20+/m1/s1. The van der Waals surface area contributed by atoms with E-state index in [9.17, 15) is 14.9 Å². The quantitative estimate of drug-likeness (QED) is 0.588. The molecule has 2 saturated heterocycles. The van der Waals surface area contributed by atoms with Crippen molar-refractivity contribution in [3.05, 3.63) is 34.4 Å². The average molecular weight is 386 g/mol. The van der Waals surface area contributed by atoms with Crippen molar-refractivity contribution in [2.75, 3.05) is 44.2 Å². The maximum absolute atomic E-state index is 13.0. The maximum atomic E-state index is 13.0. The van der Waals surface area contributed by atoms with E-state index in [4.69, 9.17) is 0 Å². The number of amides is 1. The first-order chi connectivity index (χ1) is 13.6. The highest BCUT2D eigenvalue weighted by Gasteiger charge is 2.36. The molecule has 1 aromatic rings. The number of likely N-dealkylation sites (tertiary alicyclic amines) is 1. The molecule has 0 bridgehead atoms. The van der Waals surface area contributed by atoms with Gasteiger partial charge in [-0.25, -0.2) is 0 Å². The summed E-state index contributed by atoms with van der Waals surface area (Å²) in [4.78, 5) is 30.1. The van der Waals surface area contributed by atoms with Crippen LogP contribution in [0.25, 0.3) is 0 Å². The largest absolute Gasteiger partial charge is 0.369 e. The minimum absolute atomic E-state index is 0.121. The maximum Gasteiger partial charge on any atom is 0.269 e. The van der Waals surface area contributed by atoms with Gasteiger partial charge >= 0.3 is 0 Å². The summed E-state index contributed by atoms with van der Waals surface area (Å²) in [5.41, 5.74) is 1.13. The van der Waals surface area contributed by atoms with E-state index in [1.54, 1.807) is 12.1 Å². The molecule has 0 radical (unpaired) electrons. The van der Waals surface area contributed by atoms with E-state index in [2.05, 4.69) is 14.7 Å². The molecule has 4 rings (SSSR count). The Kier molecular flexibility index (Phi) is 5.80. The van der Waals surface area contributed by atoms with Gasteiger partial charge < -0.3 is 9.80 Å². The molecule has 7 heteroatoms. The summed E-state index contributed by atoms with van der Waals surface area (Å²) in [5.74, 6) is 1.03. The van der Waals surface area contributed by atoms with Crippen molar-refractivity contribution in [2.24, 2.45) is 5.92 Å². The van der Waals surface area contributed by atoms with Crippen molar-refractivity contribution in [3.63, 3.8) is 0 Å². The van der Waals surface area contributed by atoms with E-state index in [1.807, 2.05) is 12.1 Å². The number of hydrogen-bond donors (Lipinski definition) is 0. The third kappa shape index (κ3) is 4.14. The Morgan fingerprint density at radius 2 is 1.64 bits per heavy atom. The van der Waals surface area contributed by atoms with Gasteiger partial charge in [0.1, 0.15) is 0 Å². The molecule has 0 spiro atoms. The van der Waals surface area contributed by atoms with E-state index in [-0.39, 0.29) is 10.6 Å². The Labute approximate surface area is 166 Å². The van der Waals surface area contributed by atoms with Crippen LogP contribution in [0.5, 0.6) is 0 Å². The van der Waals surface area contributed by atoms with Crippen LogP contribution in [0.3, 0.4) is 0 Å². The number of hydrogen-bond acceptors (Lipinski definition) is 5. The van der Waals surface area contributed by atoms with E-state index in [1.165, 1.54) is 32.1 Å². The lowest BCUT2D eigenvalue weighted by molar-refractivity contribution is -0.384. The lowest BCUT2D eigenvalue weighted by atomic mass is 9.78. The second-order valence-electron chi connectivity index (χ2n) is 8.38. The van der Waals surface area contributed by atoms with Gasteiger partial charge in [0.25, 0.3) is 5.69 Å². The second kappa shape index (κ2) is 8.47. The molecule has 1 aromatic carbocycles. The molecular weight excluding hydrogens is 356 g/mol. The normalized spacial score (nSPS) is 26.0. The highest BCUT2D eigenvalue weighted by molar-refractivity contribution is 5.78. The third-order valence-corrected chi connectivity index (χ3v) is 6.72. The lowest BCUT2D eigenvalue weighted by Gasteiger charge is -2.45. The molecule has 3 fully saturated rings. The molecule has 7 nitrogen and oxygen atoms in total. The molecule has 0 N–H and O–H groups in total. The number of fused-ring (bicyclic) bond motifs is 1. The van der Waals surface area contributed by atoms with Gasteiger partial charge in [0.2, 0.25) is 5.91 Å². The number of piperazine rings is 1. The fourth-order valence-electron chi connectivity index (χ4n) is 5.17. The molecule has 0 aromatic heterocycles. The summed E-state index contributed by atoms with van der Waals surface area (Å²) in [6, 6.07) is 7.23. The zero-order valence-electron chi connectivity index (χ0n) is 16.5. The van der Waals surface area contributed by atoms with Gasteiger partial charge in [0, 0.05) is 56.6 Å². The number of nitrogens with zero attached hydrogens (tertiary/aromatic N) is 4. The van der Waals surface area contributed by atoms with Gasteiger partial charge in [-0.3, -0.25) is 19.8 Å². The van der Waals surface area contributed by atoms with Crippen LogP contribution in [0.4, 0.5) is 11.4 Å². The highest BCUT2D eigenvalue weighted by atomic mass is 16.6. The zero-order valence-corrected chi connectivity index (χ0v) is 16.5. The molecule has 0 unspecified atom stereocenters. The summed E-state index contributed by atoms with van der Waals surface area (Å²) in [7, 11) is 0. The Bertz CT molecular complexity index is 698. The van der Waals surface area contributed by atoms with Crippen molar-refractivity contribution >= 4 is 17.3 Å². The van der Waals surface area contributed by atoms with E-state index < -0.39 is 0 Å². The number of anilines is 1. The Hall–Kier alpha value is -2.15. The van der Waals surface area contributed by atoms with E-state index in [0.29, 0.717) is 18.5 Å². The van der Waals surface area contributed by atoms with Crippen LogP contribution in [0.2, 0.25) is 0 Å². The molecule has 28 heavy (non-hydrogen) atoms. The van der Waals surface area contributed by atoms with Gasteiger partial charge in [-0.2, -0.15) is 0 Å². The first-order valence-electron chi connectivity index (χ1n) is 10.6. The highest BCUT2D eigenvalue weighted by Crippen LogP contribution is 2.35. The van der Waals surface area contributed by atoms with Crippen LogP contribution in [-0.2, 0) is 4.79 Å². The van der Waals surface area contributed by atoms with Crippen LogP contribution in [0, 0.1) is 16.0 Å². The number of nitro benzene ring substituents is 1. The molecule has 2 heterocycles. The van der Waals surface area contributed by atoms with Crippen molar-refractivity contribution in [1.29, 1.82) is 0 Å². The molecule has 152 valence electrons. The van der Waals surface area contributed by atoms with Crippen molar-refractivity contribution in [2.45, 2.75) is 44.6 Å². The van der Waals surface area contributed by atoms with Gasteiger partial charge in [0.05, 0.1) is 11.5 Å². The SMILES string of the molecule is O=C(CN1CCN(c2ccc([N+](=O)[O-])cc2)CC1)N1CCC[C@H]2CCCC[C@@H]21. The molecule has 2 aliphatic heterocycles. The van der Waals surface area contributed by atoms with Gasteiger partial charge in [0.15, 0.2) is 0 Å². The van der Waals surface area contributed by atoms with Crippen LogP contribution < -0.4 is 4.90 Å². The molecule has 2 atom stereocenters. The van der Waals surface area contributed by atoms with Crippen LogP contribution in [0.1, 0.15) is 38.5 Å². The summed E-state index contributed by atoms with van der Waals surface area (Å²) in [5, 5.41) is 10.8. The Morgan fingerprint density at radius 1 is 0.964 bits per heavy atom. The monoisotopic (exact) mass is 386 g/mol. The number of piperidine rings is 1. The number of carbonyl (C=O) groups is 1. The second-order valence-corrected chi connectivity index (χ2v) is 8.38. The molecular formula is C21H30N4O3. The van der Waals surface area contributed by atoms with Gasteiger partial charge in [-0.15, -0.1) is 0 Å². The Morgan fingerprint density at radius 3 is 2.36 bits per heavy atom. The first-order valence-corrected chi connectivity index (χ1v) is 10.6. The predicted octanol–water partition coefficient (Wildman–Crippen LogP) is 2.90. The lowest BCUT2D eigenvalue weighted by Crippen LogP contribution is -2.54. The smallest absolute Gasteiger partial charge is 0.269 e. The molecule has 1 aliphatic carbocycles. The van der Waals surface area contributed by atoms with Gasteiger partial charge in [-0.05, 0) is 43.7 Å². The van der Waals surface area contributed by atoms with Crippen LogP contribution >= 0.6 is 0 Å². The summed E-state index contributed by atoms with van der Waals surface area (Å²) < 4.78 is 0. The molecule has 3 aliphatic rings. The van der Waals surface area contributed by atoms with Crippen LogP contribution in [-0.4, -0.2) is 65.9 Å². The summed E-state index contributed by atoms with van der Waals surface area (Å²) in [6.07, 6.45) is 7.52. The van der Waals surface area contributed by atoms with E-state index in [0.717, 1.165) is 50.7 Å². The predicted molar refractivity (Wildman–Crippen MR) is 108 cm³/mol. The van der Waals surface area contributed by atoms with Crippen molar-refractivity contribution < 1.29 is 9.72 Å². The topological polar surface area (TPSA) is 69.9 Å². The fraction of sp³-hybridized carbons (Fsp3) is 0.667. The number of nitro groups is 1. The summed E-state index contributed by atoms with van der Waals surface area (Å²) >= 11 is 0. The summed E-state index contributed by atoms with van der Waals surface area (Å²) in [6.45, 7) is 4.85. The first kappa shape index (κ1) is 19.2. The average Bonchev–Trinajstić information content (AvgIpc) is 2.74. The third-order valence-electron chi connectivity index (χ3n) is 6.72. The number of benzene rings is 1. The fourth-order valence-corrected chi connectivity index (χ4v) is 5.17. The molecule has 1 amide bonds. The van der Waals surface area contributed by atoms with Crippen molar-refractivity contribution in [3.8, 4) is 0 Å². The minimum Gasteiger partial charge on any atom is -0.369 e. The van der Waals surface area contributed by atoms with E-state index >= 15 is 0 Å². The molecule has 1 saturated carbocycles. The van der Waals surface area contributed by atoms with Crippen LogP contribution in [0.15, 0.2) is 24.3 Å². The minimum atomic E-state index is -0.370. The number of rotatable bonds is 4. The van der Waals surface area contributed by atoms with Crippen molar-refractivity contribution in [1.82, 2.24) is 9.80 Å².